The summed E-state index contributed by atoms with van der Waals surface area (Å²) in [6.07, 6.45) is 7.90. The number of hydrogen-bond acceptors (Lipinski definition) is 6. The van der Waals surface area contributed by atoms with Crippen molar-refractivity contribution in [2.24, 2.45) is 16.7 Å². The van der Waals surface area contributed by atoms with E-state index in [9.17, 15) is 15.8 Å². The molecule has 0 aromatic rings. The highest BCUT2D eigenvalue weighted by Crippen LogP contribution is 2.66. The van der Waals surface area contributed by atoms with E-state index in [2.05, 4.69) is 25.1 Å². The van der Waals surface area contributed by atoms with Gasteiger partial charge in [-0.15, -0.1) is 0 Å². The van der Waals surface area contributed by atoms with Crippen molar-refractivity contribution in [2.45, 2.75) is 83.0 Å². The predicted octanol–water partition coefficient (Wildman–Crippen LogP) is 4.18. The van der Waals surface area contributed by atoms with E-state index in [0.717, 1.165) is 44.9 Å². The summed E-state index contributed by atoms with van der Waals surface area (Å²) in [5.41, 5.74) is -3.23. The molecule has 0 spiro atoms. The number of unbranched alkanes of at least 4 members (excludes halogenated alkanes) is 3. The molecule has 2 heterocycles. The minimum absolute atomic E-state index is 0.244. The van der Waals surface area contributed by atoms with Crippen molar-refractivity contribution >= 4 is 5.90 Å². The molecule has 26 heavy (non-hydrogen) atoms. The third kappa shape index (κ3) is 2.27. The van der Waals surface area contributed by atoms with Crippen LogP contribution >= 0.6 is 0 Å². The molecule has 4 atom stereocenters. The Bertz CT molecular complexity index is 686. The normalized spacial score (nSPS) is 37.4. The van der Waals surface area contributed by atoms with E-state index in [0.29, 0.717) is 19.3 Å². The van der Waals surface area contributed by atoms with Crippen LogP contribution in [0.3, 0.4) is 0 Å². The molecule has 1 N–H and O–H groups in total. The van der Waals surface area contributed by atoms with Gasteiger partial charge in [0, 0.05) is 6.42 Å². The first-order valence-electron chi connectivity index (χ1n) is 9.76. The lowest BCUT2D eigenvalue weighted by atomic mass is 9.53. The molecule has 0 amide bonds. The number of nitriles is 3. The van der Waals surface area contributed by atoms with Gasteiger partial charge in [-0.05, 0) is 19.3 Å². The fourth-order valence-electron chi connectivity index (χ4n) is 5.17. The highest BCUT2D eigenvalue weighted by molar-refractivity contribution is 5.89. The third-order valence-corrected chi connectivity index (χ3v) is 6.50. The molecule has 2 aliphatic heterocycles. The van der Waals surface area contributed by atoms with E-state index >= 15 is 0 Å². The second-order valence-electron chi connectivity index (χ2n) is 7.80. The van der Waals surface area contributed by atoms with Crippen molar-refractivity contribution in [3.8, 4) is 18.2 Å². The van der Waals surface area contributed by atoms with Crippen LogP contribution < -0.4 is 0 Å². The van der Waals surface area contributed by atoms with Gasteiger partial charge in [0.1, 0.15) is 0 Å². The molecule has 138 valence electrons. The van der Waals surface area contributed by atoms with Crippen LogP contribution in [0.2, 0.25) is 0 Å². The summed E-state index contributed by atoms with van der Waals surface area (Å²) in [7, 11) is 0. The van der Waals surface area contributed by atoms with Gasteiger partial charge in [0.15, 0.2) is 10.8 Å². The monoisotopic (exact) mass is 354 g/mol. The van der Waals surface area contributed by atoms with E-state index in [4.69, 9.17) is 14.9 Å². The molecule has 2 saturated heterocycles. The van der Waals surface area contributed by atoms with Gasteiger partial charge in [-0.25, -0.2) is 0 Å². The Morgan fingerprint density at radius 1 is 1.08 bits per heavy atom. The maximum atomic E-state index is 10.2. The fraction of sp³-hybridized carbons (Fsp3) is 0.800. The van der Waals surface area contributed by atoms with Gasteiger partial charge in [0.05, 0.1) is 30.2 Å². The van der Waals surface area contributed by atoms with Crippen molar-refractivity contribution in [1.29, 1.82) is 21.2 Å². The maximum absolute atomic E-state index is 10.2. The Hall–Kier alpha value is -2.10. The first-order chi connectivity index (χ1) is 12.6. The smallest absolute Gasteiger partial charge is 0.217 e. The summed E-state index contributed by atoms with van der Waals surface area (Å²) in [5.74, 6) is -1.69. The molecule has 6 heteroatoms. The maximum Gasteiger partial charge on any atom is 0.217 e. The number of rotatable bonds is 5. The first kappa shape index (κ1) is 18.7. The van der Waals surface area contributed by atoms with Crippen LogP contribution in [0.1, 0.15) is 71.1 Å². The van der Waals surface area contributed by atoms with E-state index < -0.39 is 28.6 Å². The standard InChI is InChI=1S/C20H26N4O2/c1-2-3-4-7-10-16-18(12-21,13-22)19(14-23)15-9-6-5-8-11-20(15,25-16)26-17(19)24/h15-16,24H,2-11H2,1H3. The number of nitrogens with one attached hydrogen (secondary N) is 1. The second kappa shape index (κ2) is 6.90. The largest absolute Gasteiger partial charge is 0.447 e. The molecule has 3 fully saturated rings. The first-order valence-corrected chi connectivity index (χ1v) is 9.76. The van der Waals surface area contributed by atoms with Crippen LogP contribution in [-0.2, 0) is 9.47 Å². The SMILES string of the molecule is CCCCCCC1OC23CCCCCC2C(C#N)(C(=N)O3)C1(C#N)C#N. The topological polar surface area (TPSA) is 114 Å². The third-order valence-electron chi connectivity index (χ3n) is 6.50. The molecule has 0 radical (unpaired) electrons. The molecule has 3 rings (SSSR count). The fourth-order valence-corrected chi connectivity index (χ4v) is 5.17. The van der Waals surface area contributed by atoms with Crippen LogP contribution in [0.5, 0.6) is 0 Å². The summed E-state index contributed by atoms with van der Waals surface area (Å²) in [6.45, 7) is 2.13. The van der Waals surface area contributed by atoms with Crippen LogP contribution in [0.4, 0.5) is 0 Å². The lowest BCUT2D eigenvalue weighted by molar-refractivity contribution is -0.283. The summed E-state index contributed by atoms with van der Waals surface area (Å²) in [4.78, 5) is 0. The predicted molar refractivity (Wildman–Crippen MR) is 93.5 cm³/mol. The molecule has 1 saturated carbocycles. The van der Waals surface area contributed by atoms with E-state index in [1.165, 1.54) is 0 Å². The van der Waals surface area contributed by atoms with Crippen molar-refractivity contribution < 1.29 is 9.47 Å². The van der Waals surface area contributed by atoms with Gasteiger partial charge in [-0.2, -0.15) is 15.8 Å². The molecule has 4 unspecified atom stereocenters. The summed E-state index contributed by atoms with van der Waals surface area (Å²) in [6, 6.07) is 6.49. The van der Waals surface area contributed by atoms with Crippen molar-refractivity contribution in [1.82, 2.24) is 0 Å². The average molecular weight is 354 g/mol. The Balaban J connectivity index is 2.07. The second-order valence-corrected chi connectivity index (χ2v) is 7.80. The van der Waals surface area contributed by atoms with Crippen LogP contribution in [-0.4, -0.2) is 17.8 Å². The Morgan fingerprint density at radius 3 is 2.50 bits per heavy atom. The van der Waals surface area contributed by atoms with Crippen molar-refractivity contribution in [3.05, 3.63) is 0 Å². The minimum atomic E-state index is -1.69. The van der Waals surface area contributed by atoms with Gasteiger partial charge >= 0.3 is 0 Å². The molecule has 0 aromatic carbocycles. The minimum Gasteiger partial charge on any atom is -0.447 e. The number of nitrogens with zero attached hydrogens (tertiary/aromatic N) is 3. The lowest BCUT2D eigenvalue weighted by Crippen LogP contribution is -2.62. The molecule has 1 aliphatic carbocycles. The van der Waals surface area contributed by atoms with Crippen LogP contribution in [0.25, 0.3) is 0 Å². The van der Waals surface area contributed by atoms with Crippen molar-refractivity contribution in [2.75, 3.05) is 0 Å². The summed E-state index contributed by atoms with van der Waals surface area (Å²) >= 11 is 0. The lowest BCUT2D eigenvalue weighted by Gasteiger charge is -2.49. The molecule has 6 nitrogen and oxygen atoms in total. The van der Waals surface area contributed by atoms with Gasteiger partial charge in [-0.1, -0.05) is 45.4 Å². The molecule has 0 aromatic heterocycles. The van der Waals surface area contributed by atoms with Gasteiger partial charge in [0.2, 0.25) is 11.7 Å². The zero-order chi connectivity index (χ0) is 18.8. The quantitative estimate of drug-likeness (QED) is 0.744. The highest BCUT2D eigenvalue weighted by Gasteiger charge is 2.79. The molecule has 3 aliphatic rings. The van der Waals surface area contributed by atoms with Gasteiger partial charge < -0.3 is 9.47 Å². The van der Waals surface area contributed by atoms with E-state index in [1.807, 2.05) is 0 Å². The molecule has 2 bridgehead atoms. The number of hydrogen-bond donors (Lipinski definition) is 1. The zero-order valence-electron chi connectivity index (χ0n) is 15.4. The van der Waals surface area contributed by atoms with E-state index in [1.54, 1.807) is 0 Å². The summed E-state index contributed by atoms with van der Waals surface area (Å²) in [5, 5.41) is 38.7. The zero-order valence-corrected chi connectivity index (χ0v) is 15.4. The highest BCUT2D eigenvalue weighted by atomic mass is 16.7. The average Bonchev–Trinajstić information content (AvgIpc) is 2.77. The number of ether oxygens (including phenoxy) is 2. The van der Waals surface area contributed by atoms with Gasteiger partial charge in [-0.3, -0.25) is 5.41 Å². The van der Waals surface area contributed by atoms with Crippen molar-refractivity contribution in [3.63, 3.8) is 0 Å². The van der Waals surface area contributed by atoms with Crippen LogP contribution in [0, 0.1) is 56.2 Å². The van der Waals surface area contributed by atoms with E-state index in [-0.39, 0.29) is 5.90 Å². The van der Waals surface area contributed by atoms with Crippen LogP contribution in [0.15, 0.2) is 0 Å². The molecular formula is C20H26N4O2. The summed E-state index contributed by atoms with van der Waals surface area (Å²) < 4.78 is 12.3. The Morgan fingerprint density at radius 2 is 1.85 bits per heavy atom. The molecular weight excluding hydrogens is 328 g/mol. The Labute approximate surface area is 155 Å². The Kier molecular flexibility index (Phi) is 4.96. The van der Waals surface area contributed by atoms with Gasteiger partial charge in [0.25, 0.3) is 0 Å².